The van der Waals surface area contributed by atoms with E-state index < -0.39 is 10.0 Å². The van der Waals surface area contributed by atoms with Crippen LogP contribution in [-0.4, -0.2) is 40.1 Å². The second-order valence-corrected chi connectivity index (χ2v) is 8.35. The smallest absolute Gasteiger partial charge is 0.232 e. The number of nitrogens with zero attached hydrogens (tertiary/aromatic N) is 1. The van der Waals surface area contributed by atoms with Crippen LogP contribution >= 0.6 is 0 Å². The fraction of sp³-hybridized carbons (Fsp3) is 0.300. The van der Waals surface area contributed by atoms with E-state index in [2.05, 4.69) is 10.6 Å². The SMILES string of the molecule is COc1cccc(N(CCCC(=O)Nc2ccc(NC(C)=O)cc2)S(C)(=O)=O)c1. The molecule has 0 aliphatic carbocycles. The number of nitrogens with one attached hydrogen (secondary N) is 2. The van der Waals surface area contributed by atoms with Crippen LogP contribution in [0.4, 0.5) is 17.1 Å². The molecule has 0 unspecified atom stereocenters. The van der Waals surface area contributed by atoms with E-state index in [1.165, 1.54) is 18.3 Å². The molecule has 0 saturated carbocycles. The zero-order chi connectivity index (χ0) is 21.4. The highest BCUT2D eigenvalue weighted by molar-refractivity contribution is 7.92. The van der Waals surface area contributed by atoms with Crippen molar-refractivity contribution >= 4 is 38.9 Å². The van der Waals surface area contributed by atoms with Crippen molar-refractivity contribution in [1.29, 1.82) is 0 Å². The molecule has 2 amide bonds. The van der Waals surface area contributed by atoms with Crippen molar-refractivity contribution in [2.45, 2.75) is 19.8 Å². The molecule has 29 heavy (non-hydrogen) atoms. The second kappa shape index (κ2) is 9.92. The maximum Gasteiger partial charge on any atom is 0.232 e. The van der Waals surface area contributed by atoms with Crippen LogP contribution in [0, 0.1) is 0 Å². The molecular formula is C20H25N3O5S. The van der Waals surface area contributed by atoms with Crippen LogP contribution in [0.25, 0.3) is 0 Å². The van der Waals surface area contributed by atoms with E-state index in [1.54, 1.807) is 48.5 Å². The highest BCUT2D eigenvalue weighted by atomic mass is 32.2. The zero-order valence-corrected chi connectivity index (χ0v) is 17.5. The van der Waals surface area contributed by atoms with Gasteiger partial charge in [-0.15, -0.1) is 0 Å². The number of carbonyl (C=O) groups excluding carboxylic acids is 2. The van der Waals surface area contributed by atoms with Gasteiger partial charge in [0.15, 0.2) is 0 Å². The molecule has 0 aliphatic rings. The van der Waals surface area contributed by atoms with Crippen molar-refractivity contribution in [2.24, 2.45) is 0 Å². The zero-order valence-electron chi connectivity index (χ0n) is 16.6. The lowest BCUT2D eigenvalue weighted by molar-refractivity contribution is -0.116. The van der Waals surface area contributed by atoms with Gasteiger partial charge in [0.05, 0.1) is 19.1 Å². The summed E-state index contributed by atoms with van der Waals surface area (Å²) in [5.41, 5.74) is 1.72. The summed E-state index contributed by atoms with van der Waals surface area (Å²) >= 11 is 0. The van der Waals surface area contributed by atoms with Gasteiger partial charge in [-0.3, -0.25) is 13.9 Å². The average molecular weight is 420 g/mol. The number of methoxy groups -OCH3 is 1. The highest BCUT2D eigenvalue weighted by Gasteiger charge is 2.18. The Morgan fingerprint density at radius 3 is 2.21 bits per heavy atom. The van der Waals surface area contributed by atoms with Crippen LogP contribution < -0.4 is 19.7 Å². The molecule has 0 aliphatic heterocycles. The molecule has 156 valence electrons. The van der Waals surface area contributed by atoms with Gasteiger partial charge < -0.3 is 15.4 Å². The molecule has 8 nitrogen and oxygen atoms in total. The Morgan fingerprint density at radius 2 is 1.66 bits per heavy atom. The number of hydrogen-bond donors (Lipinski definition) is 2. The van der Waals surface area contributed by atoms with Crippen molar-refractivity contribution in [3.8, 4) is 5.75 Å². The Hall–Kier alpha value is -3.07. The van der Waals surface area contributed by atoms with Crippen molar-refractivity contribution in [1.82, 2.24) is 0 Å². The third kappa shape index (κ3) is 7.11. The Morgan fingerprint density at radius 1 is 1.03 bits per heavy atom. The summed E-state index contributed by atoms with van der Waals surface area (Å²) < 4.78 is 30.7. The van der Waals surface area contributed by atoms with E-state index in [-0.39, 0.29) is 24.8 Å². The summed E-state index contributed by atoms with van der Waals surface area (Å²) in [7, 11) is -1.99. The summed E-state index contributed by atoms with van der Waals surface area (Å²) in [6, 6.07) is 13.5. The van der Waals surface area contributed by atoms with Crippen LogP contribution in [0.2, 0.25) is 0 Å². The number of hydrogen-bond acceptors (Lipinski definition) is 5. The largest absolute Gasteiger partial charge is 0.497 e. The van der Waals surface area contributed by atoms with Gasteiger partial charge in [0, 0.05) is 37.3 Å². The molecule has 2 rings (SSSR count). The molecule has 0 saturated heterocycles. The number of ether oxygens (including phenoxy) is 1. The third-order valence-corrected chi connectivity index (χ3v) is 5.19. The Kier molecular flexibility index (Phi) is 7.60. The summed E-state index contributed by atoms with van der Waals surface area (Å²) in [6.45, 7) is 1.59. The van der Waals surface area contributed by atoms with E-state index in [0.717, 1.165) is 6.26 Å². The molecule has 2 aromatic carbocycles. The van der Waals surface area contributed by atoms with Gasteiger partial charge in [0.1, 0.15) is 5.75 Å². The summed E-state index contributed by atoms with van der Waals surface area (Å²) in [5, 5.41) is 5.40. The van der Waals surface area contributed by atoms with E-state index in [4.69, 9.17) is 4.74 Å². The topological polar surface area (TPSA) is 105 Å². The summed E-state index contributed by atoms with van der Waals surface area (Å²) in [6.07, 6.45) is 1.63. The molecule has 9 heteroatoms. The number of rotatable bonds is 9. The van der Waals surface area contributed by atoms with Gasteiger partial charge in [0.2, 0.25) is 21.8 Å². The molecule has 0 spiro atoms. The van der Waals surface area contributed by atoms with Gasteiger partial charge in [-0.25, -0.2) is 8.42 Å². The molecule has 0 fully saturated rings. The second-order valence-electron chi connectivity index (χ2n) is 6.45. The van der Waals surface area contributed by atoms with Crippen LogP contribution in [0.5, 0.6) is 5.75 Å². The molecule has 0 aromatic heterocycles. The van der Waals surface area contributed by atoms with E-state index in [9.17, 15) is 18.0 Å². The fourth-order valence-electron chi connectivity index (χ4n) is 2.70. The molecule has 0 radical (unpaired) electrons. The van der Waals surface area contributed by atoms with Crippen molar-refractivity contribution in [2.75, 3.05) is 34.8 Å². The Bertz CT molecular complexity index is 958. The van der Waals surface area contributed by atoms with Gasteiger partial charge in [-0.05, 0) is 42.8 Å². The lowest BCUT2D eigenvalue weighted by Crippen LogP contribution is -2.31. The maximum absolute atomic E-state index is 12.2. The van der Waals surface area contributed by atoms with Crippen LogP contribution in [0.15, 0.2) is 48.5 Å². The quantitative estimate of drug-likeness (QED) is 0.650. The van der Waals surface area contributed by atoms with Crippen molar-refractivity contribution < 1.29 is 22.7 Å². The lowest BCUT2D eigenvalue weighted by Gasteiger charge is -2.22. The molecule has 2 aromatic rings. The Labute approximate surface area is 170 Å². The summed E-state index contributed by atoms with van der Waals surface area (Å²) in [4.78, 5) is 23.2. The number of sulfonamides is 1. The van der Waals surface area contributed by atoms with Crippen LogP contribution in [-0.2, 0) is 19.6 Å². The van der Waals surface area contributed by atoms with E-state index >= 15 is 0 Å². The average Bonchev–Trinajstić information content (AvgIpc) is 2.65. The predicted molar refractivity (Wildman–Crippen MR) is 114 cm³/mol. The van der Waals surface area contributed by atoms with Crippen LogP contribution in [0.1, 0.15) is 19.8 Å². The number of carbonyl (C=O) groups is 2. The van der Waals surface area contributed by atoms with Gasteiger partial charge in [-0.2, -0.15) is 0 Å². The standard InChI is InChI=1S/C20H25N3O5S/c1-15(24)21-16-9-11-17(12-10-16)22-20(25)8-5-13-23(29(3,26)27)18-6-4-7-19(14-18)28-2/h4,6-7,9-12,14H,5,8,13H2,1-3H3,(H,21,24)(H,22,25). The first kappa shape index (κ1) is 22.2. The first-order valence-electron chi connectivity index (χ1n) is 8.98. The molecule has 0 heterocycles. The minimum atomic E-state index is -3.50. The fourth-order valence-corrected chi connectivity index (χ4v) is 3.66. The lowest BCUT2D eigenvalue weighted by atomic mass is 10.2. The maximum atomic E-state index is 12.2. The first-order valence-corrected chi connectivity index (χ1v) is 10.8. The third-order valence-electron chi connectivity index (χ3n) is 4.00. The highest BCUT2D eigenvalue weighted by Crippen LogP contribution is 2.23. The molecular weight excluding hydrogens is 394 g/mol. The first-order chi connectivity index (χ1) is 13.7. The van der Waals surface area contributed by atoms with E-state index in [1.807, 2.05) is 0 Å². The van der Waals surface area contributed by atoms with Crippen molar-refractivity contribution in [3.63, 3.8) is 0 Å². The monoisotopic (exact) mass is 419 g/mol. The van der Waals surface area contributed by atoms with Gasteiger partial charge in [0.25, 0.3) is 0 Å². The normalized spacial score (nSPS) is 10.9. The molecule has 2 N–H and O–H groups in total. The van der Waals surface area contributed by atoms with Gasteiger partial charge >= 0.3 is 0 Å². The van der Waals surface area contributed by atoms with Crippen molar-refractivity contribution in [3.05, 3.63) is 48.5 Å². The minimum Gasteiger partial charge on any atom is -0.497 e. The minimum absolute atomic E-state index is 0.156. The summed E-state index contributed by atoms with van der Waals surface area (Å²) in [5.74, 6) is 0.154. The molecule has 0 atom stereocenters. The van der Waals surface area contributed by atoms with Crippen LogP contribution in [0.3, 0.4) is 0 Å². The van der Waals surface area contributed by atoms with E-state index in [0.29, 0.717) is 29.2 Å². The Balaban J connectivity index is 1.93. The number of benzene rings is 2. The molecule has 0 bridgehead atoms. The van der Waals surface area contributed by atoms with Gasteiger partial charge in [-0.1, -0.05) is 6.07 Å². The predicted octanol–water partition coefficient (Wildman–Crippen LogP) is 2.84. The number of amides is 2. The number of anilines is 3.